The molecule has 1 aromatic heterocycles. The standard InChI is InChI=1S/C15H20N4O2S/c1-11-6-4-5-7-13(11)19-10-16-18-15(19)22-9-14(20)17-12(2)8-21-3/h4-7,10,12H,8-9H2,1-3H3,(H,17,20)/t12-/m1/s1. The monoisotopic (exact) mass is 320 g/mol. The Morgan fingerprint density at radius 3 is 2.95 bits per heavy atom. The number of ether oxygens (including phenoxy) is 1. The topological polar surface area (TPSA) is 69.0 Å². The number of para-hydroxylation sites is 1. The van der Waals surface area contributed by atoms with Crippen molar-refractivity contribution in [2.45, 2.75) is 25.0 Å². The van der Waals surface area contributed by atoms with Crippen LogP contribution >= 0.6 is 11.8 Å². The summed E-state index contributed by atoms with van der Waals surface area (Å²) in [6, 6.07) is 7.98. The van der Waals surface area contributed by atoms with Crippen LogP contribution in [0.1, 0.15) is 12.5 Å². The lowest BCUT2D eigenvalue weighted by Gasteiger charge is -2.12. The number of hydrogen-bond acceptors (Lipinski definition) is 5. The Labute approximate surface area is 134 Å². The Bertz CT molecular complexity index is 630. The molecule has 1 aromatic carbocycles. The fraction of sp³-hybridized carbons (Fsp3) is 0.400. The van der Waals surface area contributed by atoms with Gasteiger partial charge in [0.1, 0.15) is 6.33 Å². The van der Waals surface area contributed by atoms with Crippen LogP contribution in [-0.4, -0.2) is 46.2 Å². The first-order chi connectivity index (χ1) is 10.6. The first-order valence-corrected chi connectivity index (χ1v) is 7.97. The fourth-order valence-corrected chi connectivity index (χ4v) is 2.79. The molecular formula is C15H20N4O2S. The maximum Gasteiger partial charge on any atom is 0.230 e. The molecule has 7 heteroatoms. The molecule has 2 aromatic rings. The van der Waals surface area contributed by atoms with Gasteiger partial charge in [-0.2, -0.15) is 0 Å². The Hall–Kier alpha value is -1.86. The summed E-state index contributed by atoms with van der Waals surface area (Å²) in [6.07, 6.45) is 1.66. The van der Waals surface area contributed by atoms with Crippen LogP contribution in [0.15, 0.2) is 35.7 Å². The molecule has 0 fully saturated rings. The van der Waals surface area contributed by atoms with E-state index in [4.69, 9.17) is 4.74 Å². The Balaban J connectivity index is 1.99. The molecule has 1 atom stereocenters. The van der Waals surface area contributed by atoms with Crippen molar-refractivity contribution >= 4 is 17.7 Å². The quantitative estimate of drug-likeness (QED) is 0.788. The number of carbonyl (C=O) groups is 1. The molecule has 6 nitrogen and oxygen atoms in total. The minimum atomic E-state index is -0.0473. The number of benzene rings is 1. The van der Waals surface area contributed by atoms with Crippen LogP contribution < -0.4 is 5.32 Å². The summed E-state index contributed by atoms with van der Waals surface area (Å²) >= 11 is 1.36. The smallest absolute Gasteiger partial charge is 0.230 e. The minimum Gasteiger partial charge on any atom is -0.383 e. The number of nitrogens with one attached hydrogen (secondary N) is 1. The summed E-state index contributed by atoms with van der Waals surface area (Å²) in [5.74, 6) is 0.243. The molecule has 0 aliphatic carbocycles. The van der Waals surface area contributed by atoms with E-state index in [2.05, 4.69) is 15.5 Å². The number of hydrogen-bond donors (Lipinski definition) is 1. The molecule has 118 valence electrons. The molecule has 2 rings (SSSR count). The van der Waals surface area contributed by atoms with Crippen molar-refractivity contribution in [2.75, 3.05) is 19.5 Å². The van der Waals surface area contributed by atoms with Gasteiger partial charge in [0.05, 0.1) is 18.0 Å². The zero-order valence-corrected chi connectivity index (χ0v) is 13.8. The zero-order valence-electron chi connectivity index (χ0n) is 12.9. The van der Waals surface area contributed by atoms with Crippen molar-refractivity contribution in [1.82, 2.24) is 20.1 Å². The predicted molar refractivity (Wildman–Crippen MR) is 86.3 cm³/mol. The molecule has 1 N–H and O–H groups in total. The number of amides is 1. The van der Waals surface area contributed by atoms with Gasteiger partial charge in [-0.1, -0.05) is 30.0 Å². The van der Waals surface area contributed by atoms with Gasteiger partial charge in [-0.25, -0.2) is 0 Å². The fourth-order valence-electron chi connectivity index (χ4n) is 2.06. The van der Waals surface area contributed by atoms with Crippen LogP contribution in [0.2, 0.25) is 0 Å². The molecule has 1 heterocycles. The Morgan fingerprint density at radius 2 is 2.23 bits per heavy atom. The summed E-state index contributed by atoms with van der Waals surface area (Å²) < 4.78 is 6.89. The summed E-state index contributed by atoms with van der Waals surface area (Å²) in [4.78, 5) is 11.9. The molecule has 0 aliphatic heterocycles. The number of rotatable bonds is 7. The zero-order chi connectivity index (χ0) is 15.9. The molecular weight excluding hydrogens is 300 g/mol. The molecule has 0 radical (unpaired) electrons. The van der Waals surface area contributed by atoms with Gasteiger partial charge in [0.25, 0.3) is 0 Å². The highest BCUT2D eigenvalue weighted by atomic mass is 32.2. The highest BCUT2D eigenvalue weighted by Gasteiger charge is 2.12. The van der Waals surface area contributed by atoms with Crippen molar-refractivity contribution in [3.63, 3.8) is 0 Å². The van der Waals surface area contributed by atoms with Gasteiger partial charge < -0.3 is 10.1 Å². The third-order valence-electron chi connectivity index (χ3n) is 3.05. The summed E-state index contributed by atoms with van der Waals surface area (Å²) in [5, 5.41) is 11.6. The average molecular weight is 320 g/mol. The van der Waals surface area contributed by atoms with E-state index in [9.17, 15) is 4.79 Å². The lowest BCUT2D eigenvalue weighted by atomic mass is 10.2. The predicted octanol–water partition coefficient (Wildman–Crippen LogP) is 1.82. The van der Waals surface area contributed by atoms with Crippen molar-refractivity contribution in [3.8, 4) is 5.69 Å². The van der Waals surface area contributed by atoms with Gasteiger partial charge in [0, 0.05) is 13.2 Å². The van der Waals surface area contributed by atoms with Gasteiger partial charge >= 0.3 is 0 Å². The molecule has 22 heavy (non-hydrogen) atoms. The summed E-state index contributed by atoms with van der Waals surface area (Å²) in [6.45, 7) is 4.43. The normalized spacial score (nSPS) is 12.1. The lowest BCUT2D eigenvalue weighted by molar-refractivity contribution is -0.119. The van der Waals surface area contributed by atoms with Crippen molar-refractivity contribution in [2.24, 2.45) is 0 Å². The second-order valence-electron chi connectivity index (χ2n) is 4.98. The van der Waals surface area contributed by atoms with E-state index in [0.717, 1.165) is 11.3 Å². The number of carbonyl (C=O) groups excluding carboxylic acids is 1. The van der Waals surface area contributed by atoms with E-state index in [1.165, 1.54) is 11.8 Å². The van der Waals surface area contributed by atoms with E-state index < -0.39 is 0 Å². The van der Waals surface area contributed by atoms with Gasteiger partial charge in [-0.05, 0) is 25.5 Å². The van der Waals surface area contributed by atoms with E-state index in [-0.39, 0.29) is 11.9 Å². The van der Waals surface area contributed by atoms with E-state index in [1.54, 1.807) is 13.4 Å². The Morgan fingerprint density at radius 1 is 1.45 bits per heavy atom. The molecule has 0 spiro atoms. The molecule has 0 saturated carbocycles. The second-order valence-corrected chi connectivity index (χ2v) is 5.93. The van der Waals surface area contributed by atoms with Crippen LogP contribution in [0.25, 0.3) is 5.69 Å². The van der Waals surface area contributed by atoms with Gasteiger partial charge in [-0.3, -0.25) is 9.36 Å². The minimum absolute atomic E-state index is 0.00709. The van der Waals surface area contributed by atoms with Crippen LogP contribution in [0.4, 0.5) is 0 Å². The molecule has 0 aliphatic rings. The summed E-state index contributed by atoms with van der Waals surface area (Å²) in [7, 11) is 1.61. The average Bonchev–Trinajstić information content (AvgIpc) is 2.94. The van der Waals surface area contributed by atoms with E-state index >= 15 is 0 Å². The van der Waals surface area contributed by atoms with Crippen molar-refractivity contribution in [3.05, 3.63) is 36.2 Å². The highest BCUT2D eigenvalue weighted by Crippen LogP contribution is 2.21. The molecule has 1 amide bonds. The number of thioether (sulfide) groups is 1. The maximum absolute atomic E-state index is 11.9. The number of aryl methyl sites for hydroxylation is 1. The van der Waals surface area contributed by atoms with Gasteiger partial charge in [0.15, 0.2) is 5.16 Å². The number of nitrogens with zero attached hydrogens (tertiary/aromatic N) is 3. The first-order valence-electron chi connectivity index (χ1n) is 6.99. The van der Waals surface area contributed by atoms with Gasteiger partial charge in [-0.15, -0.1) is 10.2 Å². The molecule has 0 unspecified atom stereocenters. The third-order valence-corrected chi connectivity index (χ3v) is 3.99. The maximum atomic E-state index is 11.9. The lowest BCUT2D eigenvalue weighted by Crippen LogP contribution is -2.36. The van der Waals surface area contributed by atoms with Crippen LogP contribution in [0.5, 0.6) is 0 Å². The van der Waals surface area contributed by atoms with Gasteiger partial charge in [0.2, 0.25) is 5.91 Å². The van der Waals surface area contributed by atoms with Crippen LogP contribution in [-0.2, 0) is 9.53 Å². The number of aromatic nitrogens is 3. The SMILES string of the molecule is COC[C@@H](C)NC(=O)CSc1nncn1-c1ccccc1C. The van der Waals surface area contributed by atoms with E-state index in [1.807, 2.05) is 42.7 Å². The van der Waals surface area contributed by atoms with E-state index in [0.29, 0.717) is 17.5 Å². The van der Waals surface area contributed by atoms with Crippen LogP contribution in [0.3, 0.4) is 0 Å². The highest BCUT2D eigenvalue weighted by molar-refractivity contribution is 7.99. The first kappa shape index (κ1) is 16.5. The Kier molecular flexibility index (Phi) is 5.97. The molecule has 0 bridgehead atoms. The molecule has 0 saturated heterocycles. The number of methoxy groups -OCH3 is 1. The third kappa shape index (κ3) is 4.32. The van der Waals surface area contributed by atoms with Crippen molar-refractivity contribution in [1.29, 1.82) is 0 Å². The summed E-state index contributed by atoms with van der Waals surface area (Å²) in [5.41, 5.74) is 2.14. The van der Waals surface area contributed by atoms with Crippen molar-refractivity contribution < 1.29 is 9.53 Å². The van der Waals surface area contributed by atoms with Crippen LogP contribution in [0, 0.1) is 6.92 Å². The second kappa shape index (κ2) is 7.95. The largest absolute Gasteiger partial charge is 0.383 e.